The maximum atomic E-state index is 12.8. The molecule has 28 heavy (non-hydrogen) atoms. The number of carbonyl (C=O) groups excluding carboxylic acids is 1. The molecule has 0 atom stereocenters. The van der Waals surface area contributed by atoms with Crippen molar-refractivity contribution in [2.45, 2.75) is 6.92 Å². The number of fused-ring (bicyclic) bond motifs is 2. The quantitative estimate of drug-likeness (QED) is 0.524. The molecule has 1 amide bonds. The first-order chi connectivity index (χ1) is 13.6. The van der Waals surface area contributed by atoms with Crippen LogP contribution in [-0.4, -0.2) is 36.1 Å². The van der Waals surface area contributed by atoms with Crippen LogP contribution < -0.4 is 10.5 Å². The highest BCUT2D eigenvalue weighted by atomic mass is 32.2. The molecule has 9 heteroatoms. The number of aromatic nitrogens is 4. The van der Waals surface area contributed by atoms with Crippen molar-refractivity contribution in [1.82, 2.24) is 19.3 Å². The molecule has 0 unspecified atom stereocenters. The summed E-state index contributed by atoms with van der Waals surface area (Å²) in [6, 6.07) is 16.5. The molecule has 4 aromatic rings. The summed E-state index contributed by atoms with van der Waals surface area (Å²) in [5, 5.41) is 9.93. The van der Waals surface area contributed by atoms with Crippen molar-refractivity contribution in [1.29, 1.82) is 0 Å². The Hall–Kier alpha value is -3.46. The van der Waals surface area contributed by atoms with E-state index in [1.54, 1.807) is 30.0 Å². The monoisotopic (exact) mass is 390 g/mol. The summed E-state index contributed by atoms with van der Waals surface area (Å²) in [6.45, 7) is 1.75. The predicted molar refractivity (Wildman–Crippen MR) is 109 cm³/mol. The summed E-state index contributed by atoms with van der Waals surface area (Å²) in [7, 11) is 0. The lowest BCUT2D eigenvalue weighted by atomic mass is 10.2. The number of benzene rings is 2. The number of hydrogen-bond acceptors (Lipinski definition) is 6. The van der Waals surface area contributed by atoms with Gasteiger partial charge in [-0.15, -0.1) is 10.2 Å². The van der Waals surface area contributed by atoms with Crippen molar-refractivity contribution < 1.29 is 4.79 Å². The van der Waals surface area contributed by atoms with Crippen molar-refractivity contribution in [3.05, 3.63) is 70.8 Å². The van der Waals surface area contributed by atoms with Crippen LogP contribution in [0.5, 0.6) is 0 Å². The Morgan fingerprint density at radius 2 is 1.79 bits per heavy atom. The van der Waals surface area contributed by atoms with Crippen LogP contribution in [0, 0.1) is 6.92 Å². The van der Waals surface area contributed by atoms with Crippen LogP contribution in [0.3, 0.4) is 0 Å². The van der Waals surface area contributed by atoms with E-state index in [1.165, 1.54) is 21.0 Å². The van der Waals surface area contributed by atoms with Gasteiger partial charge in [0.15, 0.2) is 11.0 Å². The summed E-state index contributed by atoms with van der Waals surface area (Å²) in [5.74, 6) is 1.06. The SMILES string of the molecule is Cc1nn2c(=O)c3ccccc3nc2n1/N=C1\SCC(=O)N1c1ccccc1. The molecular weight excluding hydrogens is 376 g/mol. The number of hydrogen-bond donors (Lipinski definition) is 0. The zero-order valence-electron chi connectivity index (χ0n) is 14.8. The molecule has 0 spiro atoms. The molecule has 1 aliphatic rings. The second kappa shape index (κ2) is 6.31. The third kappa shape index (κ3) is 2.51. The van der Waals surface area contributed by atoms with Gasteiger partial charge < -0.3 is 0 Å². The lowest BCUT2D eigenvalue weighted by Gasteiger charge is -2.15. The van der Waals surface area contributed by atoms with Crippen LogP contribution >= 0.6 is 11.8 Å². The highest BCUT2D eigenvalue weighted by molar-refractivity contribution is 8.15. The number of carbonyl (C=O) groups is 1. The summed E-state index contributed by atoms with van der Waals surface area (Å²) >= 11 is 1.34. The smallest absolute Gasteiger partial charge is 0.273 e. The minimum absolute atomic E-state index is 0.0485. The van der Waals surface area contributed by atoms with Gasteiger partial charge in [-0.25, -0.2) is 4.98 Å². The highest BCUT2D eigenvalue weighted by Crippen LogP contribution is 2.27. The number of rotatable bonds is 2. The summed E-state index contributed by atoms with van der Waals surface area (Å²) < 4.78 is 2.75. The molecule has 1 fully saturated rings. The lowest BCUT2D eigenvalue weighted by Crippen LogP contribution is -2.29. The van der Waals surface area contributed by atoms with E-state index in [2.05, 4.69) is 15.2 Å². The minimum Gasteiger partial charge on any atom is -0.273 e. The van der Waals surface area contributed by atoms with Crippen molar-refractivity contribution in [2.75, 3.05) is 10.7 Å². The van der Waals surface area contributed by atoms with E-state index in [0.29, 0.717) is 33.4 Å². The molecule has 138 valence electrons. The Morgan fingerprint density at radius 3 is 2.61 bits per heavy atom. The van der Waals surface area contributed by atoms with Crippen LogP contribution in [-0.2, 0) is 4.79 Å². The van der Waals surface area contributed by atoms with E-state index >= 15 is 0 Å². The molecule has 1 aliphatic heterocycles. The van der Waals surface area contributed by atoms with Gasteiger partial charge in [-0.1, -0.05) is 42.1 Å². The van der Waals surface area contributed by atoms with Gasteiger partial charge in [-0.05, 0) is 31.2 Å². The second-order valence-electron chi connectivity index (χ2n) is 6.24. The maximum Gasteiger partial charge on any atom is 0.283 e. The Morgan fingerprint density at radius 1 is 1.04 bits per heavy atom. The third-order valence-electron chi connectivity index (χ3n) is 4.44. The van der Waals surface area contributed by atoms with Crippen molar-refractivity contribution in [2.24, 2.45) is 5.10 Å². The molecule has 0 radical (unpaired) electrons. The van der Waals surface area contributed by atoms with Crippen molar-refractivity contribution in [3.63, 3.8) is 0 Å². The fraction of sp³-hybridized carbons (Fsp3) is 0.105. The van der Waals surface area contributed by atoms with E-state index < -0.39 is 0 Å². The topological polar surface area (TPSA) is 84.9 Å². The van der Waals surface area contributed by atoms with Gasteiger partial charge >= 0.3 is 0 Å². The molecule has 0 saturated carbocycles. The number of amides is 1. The van der Waals surface area contributed by atoms with Gasteiger partial charge in [0.1, 0.15) is 0 Å². The molecule has 0 N–H and O–H groups in total. The highest BCUT2D eigenvalue weighted by Gasteiger charge is 2.30. The zero-order valence-corrected chi connectivity index (χ0v) is 15.6. The molecule has 5 rings (SSSR count). The van der Waals surface area contributed by atoms with Gasteiger partial charge in [0.05, 0.1) is 22.3 Å². The van der Waals surface area contributed by atoms with E-state index in [4.69, 9.17) is 0 Å². The first-order valence-electron chi connectivity index (χ1n) is 8.60. The van der Waals surface area contributed by atoms with E-state index in [1.807, 2.05) is 36.4 Å². The third-order valence-corrected chi connectivity index (χ3v) is 5.36. The first kappa shape index (κ1) is 16.7. The average molecular weight is 390 g/mol. The van der Waals surface area contributed by atoms with Gasteiger partial charge in [0, 0.05) is 0 Å². The molecule has 1 saturated heterocycles. The average Bonchev–Trinajstić information content (AvgIpc) is 3.23. The van der Waals surface area contributed by atoms with Crippen molar-refractivity contribution in [3.8, 4) is 0 Å². The van der Waals surface area contributed by atoms with Crippen LogP contribution in [0.25, 0.3) is 16.7 Å². The van der Waals surface area contributed by atoms with Gasteiger partial charge in [0.25, 0.3) is 11.3 Å². The summed E-state index contributed by atoms with van der Waals surface area (Å²) in [4.78, 5) is 31.3. The number of thioether (sulfide) groups is 1. The van der Waals surface area contributed by atoms with Crippen LogP contribution in [0.1, 0.15) is 5.82 Å². The van der Waals surface area contributed by atoms with E-state index in [0.717, 1.165) is 5.69 Å². The Kier molecular flexibility index (Phi) is 3.76. The molecule has 0 bridgehead atoms. The zero-order chi connectivity index (χ0) is 19.3. The molecule has 3 heterocycles. The summed E-state index contributed by atoms with van der Waals surface area (Å²) in [5.41, 5.74) is 1.07. The van der Waals surface area contributed by atoms with Gasteiger partial charge in [-0.2, -0.15) is 9.19 Å². The largest absolute Gasteiger partial charge is 0.283 e. The Bertz CT molecular complexity index is 1330. The normalized spacial score (nSPS) is 16.0. The number of aryl methyl sites for hydroxylation is 1. The standard InChI is InChI=1S/C19H14N6O2S/c1-12-21-25-17(27)14-9-5-6-10-15(14)20-18(25)24(12)22-19-23(16(26)11-28-19)13-7-3-2-4-8-13/h2-10H,11H2,1H3/b22-19-. The first-order valence-corrected chi connectivity index (χ1v) is 9.59. The number of nitrogens with zero attached hydrogens (tertiary/aromatic N) is 6. The fourth-order valence-electron chi connectivity index (χ4n) is 3.14. The van der Waals surface area contributed by atoms with Crippen LogP contribution in [0.15, 0.2) is 64.5 Å². The number of amidine groups is 1. The predicted octanol–water partition coefficient (Wildman–Crippen LogP) is 2.25. The van der Waals surface area contributed by atoms with Crippen molar-refractivity contribution >= 4 is 45.2 Å². The van der Waals surface area contributed by atoms with E-state index in [-0.39, 0.29) is 11.5 Å². The molecular formula is C19H14N6O2S. The van der Waals surface area contributed by atoms with Gasteiger partial charge in [0.2, 0.25) is 5.91 Å². The molecule has 0 aliphatic carbocycles. The Balaban J connectivity index is 1.72. The fourth-order valence-corrected chi connectivity index (χ4v) is 4.00. The van der Waals surface area contributed by atoms with Crippen LogP contribution in [0.4, 0.5) is 5.69 Å². The van der Waals surface area contributed by atoms with Crippen LogP contribution in [0.2, 0.25) is 0 Å². The molecule has 8 nitrogen and oxygen atoms in total. The second-order valence-corrected chi connectivity index (χ2v) is 7.18. The minimum atomic E-state index is -0.252. The number of para-hydroxylation sites is 2. The van der Waals surface area contributed by atoms with Gasteiger partial charge in [-0.3, -0.25) is 14.5 Å². The van der Waals surface area contributed by atoms with E-state index in [9.17, 15) is 9.59 Å². The number of anilines is 1. The lowest BCUT2D eigenvalue weighted by molar-refractivity contribution is -0.115. The Labute approximate surface area is 163 Å². The molecule has 2 aromatic heterocycles. The maximum absolute atomic E-state index is 12.8. The molecule has 2 aromatic carbocycles. The summed E-state index contributed by atoms with van der Waals surface area (Å²) in [6.07, 6.45) is 0.